The number of ether oxygens (including phenoxy) is 1. The lowest BCUT2D eigenvalue weighted by Gasteiger charge is -2.13. The van der Waals surface area contributed by atoms with E-state index in [0.717, 1.165) is 21.9 Å². The van der Waals surface area contributed by atoms with Gasteiger partial charge in [-0.1, -0.05) is 92.7 Å². The molecular formula is C32H28O3. The first-order valence-corrected chi connectivity index (χ1v) is 11.8. The van der Waals surface area contributed by atoms with Crippen LogP contribution in [0.4, 0.5) is 0 Å². The molecular weight excluding hydrogens is 432 g/mol. The lowest BCUT2D eigenvalue weighted by atomic mass is 9.89. The monoisotopic (exact) mass is 460 g/mol. The van der Waals surface area contributed by atoms with Gasteiger partial charge in [0.15, 0.2) is 5.78 Å². The van der Waals surface area contributed by atoms with Gasteiger partial charge in [0, 0.05) is 5.56 Å². The summed E-state index contributed by atoms with van der Waals surface area (Å²) < 4.78 is 4.91. The van der Waals surface area contributed by atoms with E-state index in [0.29, 0.717) is 11.1 Å². The zero-order valence-electron chi connectivity index (χ0n) is 20.2. The summed E-state index contributed by atoms with van der Waals surface area (Å²) in [6, 6.07) is 34.7. The second-order valence-corrected chi connectivity index (χ2v) is 7.83. The number of para-hydroxylation sites is 2. The second kappa shape index (κ2) is 10.7. The number of hydrogen-bond acceptors (Lipinski definition) is 3. The molecule has 0 saturated carbocycles. The van der Waals surface area contributed by atoms with Crippen LogP contribution in [0.25, 0.3) is 32.3 Å². The van der Waals surface area contributed by atoms with E-state index in [1.165, 1.54) is 16.2 Å². The fraction of sp³-hybridized carbons (Fsp3) is 0.0938. The van der Waals surface area contributed by atoms with E-state index < -0.39 is 0 Å². The lowest BCUT2D eigenvalue weighted by molar-refractivity contribution is 0.103. The van der Waals surface area contributed by atoms with Crippen LogP contribution >= 0.6 is 0 Å². The standard InChI is InChI=1S/C23H14O2.C7H8O.C2H6/c24-20-7-2-1-6-19(20)23(25)18-13-11-16-9-8-14-4-3-5-15-10-12-17(18)22(16)21(14)15;1-8-7-5-3-2-4-6-7;1-2/h1-13,24H;2-6H,1H3;1-2H3. The zero-order chi connectivity index (χ0) is 24.8. The van der Waals surface area contributed by atoms with Crippen molar-refractivity contribution < 1.29 is 14.6 Å². The van der Waals surface area contributed by atoms with Gasteiger partial charge in [0.05, 0.1) is 12.7 Å². The zero-order valence-corrected chi connectivity index (χ0v) is 20.2. The van der Waals surface area contributed by atoms with E-state index in [4.69, 9.17) is 4.74 Å². The van der Waals surface area contributed by atoms with Crippen molar-refractivity contribution in [2.24, 2.45) is 0 Å². The highest BCUT2D eigenvalue weighted by Gasteiger charge is 2.18. The molecule has 6 aromatic carbocycles. The molecule has 0 radical (unpaired) electrons. The molecule has 35 heavy (non-hydrogen) atoms. The van der Waals surface area contributed by atoms with Crippen LogP contribution in [0.3, 0.4) is 0 Å². The molecule has 0 heterocycles. The number of ketones is 1. The summed E-state index contributed by atoms with van der Waals surface area (Å²) in [6.45, 7) is 4.00. The van der Waals surface area contributed by atoms with Crippen LogP contribution in [0.1, 0.15) is 29.8 Å². The number of phenols is 1. The smallest absolute Gasteiger partial charge is 0.197 e. The van der Waals surface area contributed by atoms with Crippen LogP contribution in [-0.2, 0) is 0 Å². The van der Waals surface area contributed by atoms with E-state index in [1.807, 2.05) is 62.4 Å². The third-order valence-corrected chi connectivity index (χ3v) is 5.90. The molecule has 0 amide bonds. The van der Waals surface area contributed by atoms with Crippen LogP contribution in [0.2, 0.25) is 0 Å². The molecule has 0 atom stereocenters. The molecule has 0 aliphatic heterocycles. The Morgan fingerprint density at radius 1 is 0.600 bits per heavy atom. The number of carbonyl (C=O) groups is 1. The minimum absolute atomic E-state index is 0.0122. The quantitative estimate of drug-likeness (QED) is 0.214. The molecule has 6 rings (SSSR count). The van der Waals surface area contributed by atoms with Gasteiger partial charge in [-0.05, 0) is 62.6 Å². The van der Waals surface area contributed by atoms with Crippen molar-refractivity contribution in [2.45, 2.75) is 13.8 Å². The summed E-state index contributed by atoms with van der Waals surface area (Å²) in [4.78, 5) is 13.1. The van der Waals surface area contributed by atoms with Gasteiger partial charge in [-0.2, -0.15) is 0 Å². The van der Waals surface area contributed by atoms with Gasteiger partial charge in [-0.25, -0.2) is 0 Å². The summed E-state index contributed by atoms with van der Waals surface area (Å²) >= 11 is 0. The third kappa shape index (κ3) is 4.67. The molecule has 174 valence electrons. The third-order valence-electron chi connectivity index (χ3n) is 5.90. The molecule has 6 aromatic rings. The van der Waals surface area contributed by atoms with Gasteiger partial charge < -0.3 is 9.84 Å². The Bertz CT molecular complexity index is 1550. The molecule has 0 bridgehead atoms. The molecule has 0 unspecified atom stereocenters. The van der Waals surface area contributed by atoms with Crippen LogP contribution in [0, 0.1) is 0 Å². The minimum atomic E-state index is -0.156. The summed E-state index contributed by atoms with van der Waals surface area (Å²) in [6.07, 6.45) is 0. The van der Waals surface area contributed by atoms with Gasteiger partial charge >= 0.3 is 0 Å². The molecule has 0 fully saturated rings. The SMILES string of the molecule is CC.COc1ccccc1.O=C(c1ccccc1O)c1ccc2ccc3cccc4ccc1c2c34. The Morgan fingerprint density at radius 2 is 1.17 bits per heavy atom. The Balaban J connectivity index is 0.000000245. The molecule has 1 N–H and O–H groups in total. The first-order valence-electron chi connectivity index (χ1n) is 11.8. The highest BCUT2D eigenvalue weighted by molar-refractivity contribution is 6.28. The number of phenolic OH excluding ortho intramolecular Hbond substituents is 1. The van der Waals surface area contributed by atoms with E-state index in [9.17, 15) is 9.90 Å². The van der Waals surface area contributed by atoms with E-state index in [-0.39, 0.29) is 11.5 Å². The average molecular weight is 461 g/mol. The van der Waals surface area contributed by atoms with Crippen LogP contribution in [0.15, 0.2) is 109 Å². The predicted molar refractivity (Wildman–Crippen MR) is 146 cm³/mol. The van der Waals surface area contributed by atoms with Crippen molar-refractivity contribution in [3.8, 4) is 11.5 Å². The Kier molecular flexibility index (Phi) is 7.27. The van der Waals surface area contributed by atoms with Gasteiger partial charge in [-0.3, -0.25) is 4.79 Å². The first-order chi connectivity index (χ1) is 17.2. The molecule has 0 spiro atoms. The Morgan fingerprint density at radius 3 is 1.80 bits per heavy atom. The number of benzene rings is 6. The average Bonchev–Trinajstić information content (AvgIpc) is 2.93. The van der Waals surface area contributed by atoms with Gasteiger partial charge in [0.1, 0.15) is 11.5 Å². The van der Waals surface area contributed by atoms with Crippen LogP contribution in [0.5, 0.6) is 11.5 Å². The Labute approximate surface area is 205 Å². The topological polar surface area (TPSA) is 46.5 Å². The molecule has 0 aliphatic carbocycles. The summed E-state index contributed by atoms with van der Waals surface area (Å²) in [7, 11) is 1.66. The molecule has 3 heteroatoms. The van der Waals surface area contributed by atoms with Crippen molar-refractivity contribution in [1.29, 1.82) is 0 Å². The molecule has 0 saturated heterocycles. The second-order valence-electron chi connectivity index (χ2n) is 7.83. The lowest BCUT2D eigenvalue weighted by Crippen LogP contribution is -2.03. The van der Waals surface area contributed by atoms with Gasteiger partial charge in [-0.15, -0.1) is 0 Å². The van der Waals surface area contributed by atoms with Crippen molar-refractivity contribution >= 4 is 38.1 Å². The summed E-state index contributed by atoms with van der Waals surface area (Å²) in [5, 5.41) is 16.7. The fourth-order valence-electron chi connectivity index (χ4n) is 4.30. The number of hydrogen-bond donors (Lipinski definition) is 1. The molecule has 3 nitrogen and oxygen atoms in total. The molecule has 0 aliphatic rings. The normalized spacial score (nSPS) is 10.4. The highest BCUT2D eigenvalue weighted by Crippen LogP contribution is 2.36. The van der Waals surface area contributed by atoms with Crippen LogP contribution < -0.4 is 4.74 Å². The van der Waals surface area contributed by atoms with Crippen molar-refractivity contribution in [2.75, 3.05) is 7.11 Å². The maximum absolute atomic E-state index is 13.1. The maximum Gasteiger partial charge on any atom is 0.197 e. The largest absolute Gasteiger partial charge is 0.507 e. The van der Waals surface area contributed by atoms with E-state index >= 15 is 0 Å². The number of methoxy groups -OCH3 is 1. The van der Waals surface area contributed by atoms with Crippen LogP contribution in [-0.4, -0.2) is 18.0 Å². The summed E-state index contributed by atoms with van der Waals surface area (Å²) in [5.74, 6) is 0.765. The van der Waals surface area contributed by atoms with Crippen molar-refractivity contribution in [1.82, 2.24) is 0 Å². The molecule has 0 aromatic heterocycles. The number of aromatic hydroxyl groups is 1. The van der Waals surface area contributed by atoms with Gasteiger partial charge in [0.25, 0.3) is 0 Å². The van der Waals surface area contributed by atoms with E-state index in [1.54, 1.807) is 31.4 Å². The Hall–Kier alpha value is -4.37. The summed E-state index contributed by atoms with van der Waals surface area (Å²) in [5.41, 5.74) is 0.949. The maximum atomic E-state index is 13.1. The predicted octanol–water partition coefficient (Wildman–Crippen LogP) is 8.24. The highest BCUT2D eigenvalue weighted by atomic mass is 16.5. The van der Waals surface area contributed by atoms with Crippen molar-refractivity contribution in [3.63, 3.8) is 0 Å². The fourth-order valence-corrected chi connectivity index (χ4v) is 4.30. The first kappa shape index (κ1) is 23.8. The van der Waals surface area contributed by atoms with Crippen molar-refractivity contribution in [3.05, 3.63) is 120 Å². The van der Waals surface area contributed by atoms with Gasteiger partial charge in [0.2, 0.25) is 0 Å². The number of carbonyl (C=O) groups excluding carboxylic acids is 1. The number of rotatable bonds is 3. The minimum Gasteiger partial charge on any atom is -0.507 e. The van der Waals surface area contributed by atoms with E-state index in [2.05, 4.69) is 36.4 Å².